The van der Waals surface area contributed by atoms with Gasteiger partial charge in [-0.15, -0.1) is 0 Å². The van der Waals surface area contributed by atoms with Crippen LogP contribution in [0.2, 0.25) is 0 Å². The normalized spacial score (nSPS) is 16.8. The summed E-state index contributed by atoms with van der Waals surface area (Å²) in [6.45, 7) is 5.87. The molecule has 1 aromatic heterocycles. The van der Waals surface area contributed by atoms with Crippen molar-refractivity contribution in [2.75, 3.05) is 48.8 Å². The number of amides is 2. The van der Waals surface area contributed by atoms with E-state index >= 15 is 0 Å². The number of carbonyl (C=O) groups is 3. The second kappa shape index (κ2) is 11.7. The van der Waals surface area contributed by atoms with Crippen LogP contribution in [0.4, 0.5) is 22.7 Å². The summed E-state index contributed by atoms with van der Waals surface area (Å²) in [6, 6.07) is 21.7. The molecular weight excluding hydrogens is 542 g/mol. The first-order chi connectivity index (χ1) is 20.7. The highest BCUT2D eigenvalue weighted by Gasteiger charge is 2.30. The third-order valence-corrected chi connectivity index (χ3v) is 7.90. The Bertz CT molecular complexity index is 1730. The van der Waals surface area contributed by atoms with Gasteiger partial charge in [-0.05, 0) is 80.2 Å². The van der Waals surface area contributed by atoms with Crippen molar-refractivity contribution >= 4 is 46.6 Å². The van der Waals surface area contributed by atoms with Crippen molar-refractivity contribution in [3.8, 4) is 0 Å². The number of fused-ring (bicyclic) bond motifs is 1. The number of anilines is 3. The highest BCUT2D eigenvalue weighted by atomic mass is 16.2. The lowest BCUT2D eigenvalue weighted by molar-refractivity contribution is -0.115. The molecule has 10 nitrogen and oxygen atoms in total. The summed E-state index contributed by atoms with van der Waals surface area (Å²) in [4.78, 5) is 48.3. The number of aromatic nitrogens is 2. The second-order valence-electron chi connectivity index (χ2n) is 11.0. The quantitative estimate of drug-likeness (QED) is 0.250. The molecule has 4 aromatic rings. The maximum Gasteiger partial charge on any atom is 0.273 e. The molecule has 0 saturated carbocycles. The molecule has 1 unspecified atom stereocenters. The Labute approximate surface area is 250 Å². The second-order valence-corrected chi connectivity index (χ2v) is 11.0. The fraction of sp³-hybridized carbons (Fsp3) is 0.242. The van der Waals surface area contributed by atoms with E-state index in [1.807, 2.05) is 19.1 Å². The number of rotatable bonds is 7. The summed E-state index contributed by atoms with van der Waals surface area (Å²) in [5.41, 5.74) is 5.79. The van der Waals surface area contributed by atoms with E-state index in [1.165, 1.54) is 4.68 Å². The van der Waals surface area contributed by atoms with Gasteiger partial charge >= 0.3 is 0 Å². The summed E-state index contributed by atoms with van der Waals surface area (Å²) >= 11 is 0. The fourth-order valence-corrected chi connectivity index (χ4v) is 5.47. The molecule has 6 rings (SSSR count). The molecule has 3 heterocycles. The summed E-state index contributed by atoms with van der Waals surface area (Å²) in [5.74, 6) is -1.34. The molecule has 0 spiro atoms. The number of nitrogens with zero attached hydrogens (tertiary/aromatic N) is 5. The first kappa shape index (κ1) is 28.0. The molecule has 0 bridgehead atoms. The summed E-state index contributed by atoms with van der Waals surface area (Å²) in [6.07, 6.45) is 1.64. The van der Waals surface area contributed by atoms with Crippen molar-refractivity contribution in [2.24, 2.45) is 12.0 Å². The van der Waals surface area contributed by atoms with E-state index in [1.54, 1.807) is 61.8 Å². The van der Waals surface area contributed by atoms with E-state index < -0.39 is 5.92 Å². The molecule has 1 saturated heterocycles. The highest BCUT2D eigenvalue weighted by Crippen LogP contribution is 2.33. The first-order valence-electron chi connectivity index (χ1n) is 14.2. The highest BCUT2D eigenvalue weighted by molar-refractivity contribution is 6.15. The van der Waals surface area contributed by atoms with Gasteiger partial charge in [0.15, 0.2) is 5.78 Å². The SMILES string of the molecule is Cc1cc(C(=O)Nc2cccc(C(=O)c3ccc4c(c3)C(C=Nc3ccc(N5CCN(C)CC5)cc3)C(=O)N4)c2)n(C)n1. The number of carbonyl (C=O) groups excluding carboxylic acids is 3. The molecule has 10 heteroatoms. The van der Waals surface area contributed by atoms with Crippen molar-refractivity contribution < 1.29 is 14.4 Å². The van der Waals surface area contributed by atoms with Crippen LogP contribution < -0.4 is 15.5 Å². The van der Waals surface area contributed by atoms with Gasteiger partial charge in [0.05, 0.1) is 11.4 Å². The molecular formula is C33H33N7O3. The third kappa shape index (κ3) is 5.96. The van der Waals surface area contributed by atoms with Crippen LogP contribution in [-0.2, 0) is 11.8 Å². The average Bonchev–Trinajstić information content (AvgIpc) is 3.52. The number of likely N-dealkylation sites (N-methyl/N-ethyl adjacent to an activating group) is 1. The zero-order chi connectivity index (χ0) is 30.1. The topological polar surface area (TPSA) is 112 Å². The summed E-state index contributed by atoms with van der Waals surface area (Å²) in [5, 5.41) is 9.95. The van der Waals surface area contributed by atoms with E-state index in [-0.39, 0.29) is 17.6 Å². The number of aryl methyl sites for hydroxylation is 2. The van der Waals surface area contributed by atoms with Crippen LogP contribution >= 0.6 is 0 Å². The van der Waals surface area contributed by atoms with Crippen LogP contribution in [0.5, 0.6) is 0 Å². The number of nitrogens with one attached hydrogen (secondary N) is 2. The minimum absolute atomic E-state index is 0.187. The molecule has 1 atom stereocenters. The van der Waals surface area contributed by atoms with Crippen molar-refractivity contribution in [1.29, 1.82) is 0 Å². The molecule has 43 heavy (non-hydrogen) atoms. The van der Waals surface area contributed by atoms with Gasteiger partial charge in [-0.1, -0.05) is 12.1 Å². The van der Waals surface area contributed by atoms with Crippen LogP contribution in [0.25, 0.3) is 0 Å². The molecule has 0 aliphatic carbocycles. The molecule has 2 aliphatic heterocycles. The van der Waals surface area contributed by atoms with E-state index in [0.29, 0.717) is 33.8 Å². The van der Waals surface area contributed by atoms with Gasteiger partial charge in [-0.2, -0.15) is 5.10 Å². The average molecular weight is 576 g/mol. The van der Waals surface area contributed by atoms with E-state index in [4.69, 9.17) is 0 Å². The lowest BCUT2D eigenvalue weighted by Gasteiger charge is -2.34. The minimum atomic E-state index is -0.618. The lowest BCUT2D eigenvalue weighted by Crippen LogP contribution is -2.44. The van der Waals surface area contributed by atoms with Crippen molar-refractivity contribution in [3.05, 3.63) is 101 Å². The largest absolute Gasteiger partial charge is 0.369 e. The Balaban J connectivity index is 1.17. The zero-order valence-corrected chi connectivity index (χ0v) is 24.4. The zero-order valence-electron chi connectivity index (χ0n) is 24.4. The van der Waals surface area contributed by atoms with Gasteiger partial charge < -0.3 is 20.4 Å². The Hall–Kier alpha value is -5.09. The van der Waals surface area contributed by atoms with Crippen molar-refractivity contribution in [3.63, 3.8) is 0 Å². The number of benzene rings is 3. The van der Waals surface area contributed by atoms with Gasteiger partial charge in [-0.25, -0.2) is 0 Å². The standard InChI is InChI=1S/C33H33N7O3/c1-21-17-30(39(3)37-21)33(43)35-25-6-4-5-22(18-25)31(41)23-7-12-29-27(19-23)28(32(42)36-29)20-34-24-8-10-26(11-9-24)40-15-13-38(2)14-16-40/h4-12,17-20,28H,13-16H2,1-3H3,(H,35,43)(H,36,42). The van der Waals surface area contributed by atoms with E-state index in [2.05, 4.69) is 49.7 Å². The van der Waals surface area contributed by atoms with Gasteiger partial charge in [0.25, 0.3) is 5.91 Å². The van der Waals surface area contributed by atoms with E-state index in [0.717, 1.165) is 43.2 Å². The molecule has 218 valence electrons. The van der Waals surface area contributed by atoms with Crippen molar-refractivity contribution in [1.82, 2.24) is 14.7 Å². The van der Waals surface area contributed by atoms with Gasteiger partial charge in [0.2, 0.25) is 5.91 Å². The van der Waals surface area contributed by atoms with Crippen molar-refractivity contribution in [2.45, 2.75) is 12.8 Å². The molecule has 2 aliphatic rings. The summed E-state index contributed by atoms with van der Waals surface area (Å²) in [7, 11) is 3.84. The van der Waals surface area contributed by atoms with Crippen LogP contribution in [0.15, 0.2) is 77.8 Å². The molecule has 0 radical (unpaired) electrons. The third-order valence-electron chi connectivity index (χ3n) is 7.90. The van der Waals surface area contributed by atoms with Crippen LogP contribution in [0, 0.1) is 6.92 Å². The Kier molecular flexibility index (Phi) is 7.60. The van der Waals surface area contributed by atoms with Gasteiger partial charge in [0, 0.05) is 67.6 Å². The molecule has 2 amide bonds. The minimum Gasteiger partial charge on any atom is -0.369 e. The number of hydrogen-bond acceptors (Lipinski definition) is 7. The number of aliphatic imine (C=N–C) groups is 1. The van der Waals surface area contributed by atoms with Gasteiger partial charge in [0.1, 0.15) is 11.6 Å². The monoisotopic (exact) mass is 575 g/mol. The van der Waals surface area contributed by atoms with Gasteiger partial charge in [-0.3, -0.25) is 24.1 Å². The predicted octanol–water partition coefficient (Wildman–Crippen LogP) is 4.40. The Morgan fingerprint density at radius 3 is 2.42 bits per heavy atom. The molecule has 3 aromatic carbocycles. The maximum absolute atomic E-state index is 13.5. The van der Waals surface area contributed by atoms with Crippen LogP contribution in [0.3, 0.4) is 0 Å². The predicted molar refractivity (Wildman–Crippen MR) is 168 cm³/mol. The number of ketones is 1. The Morgan fingerprint density at radius 1 is 0.953 bits per heavy atom. The lowest BCUT2D eigenvalue weighted by atomic mass is 9.96. The molecule has 1 fully saturated rings. The first-order valence-corrected chi connectivity index (χ1v) is 14.2. The van der Waals surface area contributed by atoms with Crippen LogP contribution in [0.1, 0.15) is 43.6 Å². The van der Waals surface area contributed by atoms with E-state index in [9.17, 15) is 14.4 Å². The Morgan fingerprint density at radius 2 is 1.70 bits per heavy atom. The number of piperazine rings is 1. The fourth-order valence-electron chi connectivity index (χ4n) is 5.47. The number of hydrogen-bond donors (Lipinski definition) is 2. The summed E-state index contributed by atoms with van der Waals surface area (Å²) < 4.78 is 1.52. The maximum atomic E-state index is 13.5. The van der Waals surface area contributed by atoms with Crippen LogP contribution in [-0.4, -0.2) is 71.7 Å². The smallest absolute Gasteiger partial charge is 0.273 e. The molecule has 2 N–H and O–H groups in total.